The van der Waals surface area contributed by atoms with Crippen LogP contribution in [0.1, 0.15) is 19.3 Å². The SMILES string of the molecule is Cn1cnc(-c2cccc(NC(=O)N3CCC(CN4CCCC4)C3)c2)n1. The number of rotatable bonds is 4. The summed E-state index contributed by atoms with van der Waals surface area (Å²) in [6.07, 6.45) is 5.41. The van der Waals surface area contributed by atoms with Crippen LogP contribution in [0.5, 0.6) is 0 Å². The van der Waals surface area contributed by atoms with Gasteiger partial charge in [-0.15, -0.1) is 0 Å². The number of nitrogens with one attached hydrogen (secondary N) is 1. The minimum Gasteiger partial charge on any atom is -0.324 e. The number of aryl methyl sites for hydroxylation is 1. The Labute approximate surface area is 154 Å². The second kappa shape index (κ2) is 7.45. The van der Waals surface area contributed by atoms with Crippen molar-refractivity contribution in [1.29, 1.82) is 0 Å². The molecule has 3 heterocycles. The molecule has 0 spiro atoms. The molecule has 1 N–H and O–H groups in total. The van der Waals surface area contributed by atoms with Gasteiger partial charge >= 0.3 is 6.03 Å². The number of carbonyl (C=O) groups excluding carboxylic acids is 1. The number of urea groups is 1. The maximum absolute atomic E-state index is 12.6. The van der Waals surface area contributed by atoms with E-state index in [9.17, 15) is 4.79 Å². The highest BCUT2D eigenvalue weighted by atomic mass is 16.2. The van der Waals surface area contributed by atoms with Crippen molar-refractivity contribution in [2.45, 2.75) is 19.3 Å². The Balaban J connectivity index is 1.34. The summed E-state index contributed by atoms with van der Waals surface area (Å²) in [4.78, 5) is 21.4. The van der Waals surface area contributed by atoms with Crippen molar-refractivity contribution >= 4 is 11.7 Å². The molecule has 7 heteroatoms. The number of hydrogen-bond donors (Lipinski definition) is 1. The van der Waals surface area contributed by atoms with Gasteiger partial charge in [0, 0.05) is 37.9 Å². The molecular weight excluding hydrogens is 328 g/mol. The highest BCUT2D eigenvalue weighted by Gasteiger charge is 2.28. The summed E-state index contributed by atoms with van der Waals surface area (Å²) < 4.78 is 1.67. The number of amides is 2. The third kappa shape index (κ3) is 3.88. The van der Waals surface area contributed by atoms with Crippen LogP contribution >= 0.6 is 0 Å². The Morgan fingerprint density at radius 3 is 2.88 bits per heavy atom. The third-order valence-corrected chi connectivity index (χ3v) is 5.26. The molecule has 0 bridgehead atoms. The third-order valence-electron chi connectivity index (χ3n) is 5.26. The van der Waals surface area contributed by atoms with Crippen LogP contribution in [0.2, 0.25) is 0 Å². The molecule has 1 aromatic carbocycles. The van der Waals surface area contributed by atoms with Gasteiger partial charge in [0.25, 0.3) is 0 Å². The zero-order valence-corrected chi connectivity index (χ0v) is 15.3. The van der Waals surface area contributed by atoms with Crippen molar-refractivity contribution < 1.29 is 4.79 Å². The molecule has 0 aliphatic carbocycles. The van der Waals surface area contributed by atoms with Crippen LogP contribution < -0.4 is 5.32 Å². The minimum atomic E-state index is -0.0138. The normalized spacial score (nSPS) is 20.7. The fraction of sp³-hybridized carbons (Fsp3) is 0.526. The second-order valence-corrected chi connectivity index (χ2v) is 7.36. The number of nitrogens with zero attached hydrogens (tertiary/aromatic N) is 5. The molecule has 1 unspecified atom stereocenters. The zero-order chi connectivity index (χ0) is 17.9. The van der Waals surface area contributed by atoms with E-state index in [1.165, 1.54) is 25.9 Å². The quantitative estimate of drug-likeness (QED) is 0.916. The molecule has 26 heavy (non-hydrogen) atoms. The first kappa shape index (κ1) is 17.0. The topological polar surface area (TPSA) is 66.3 Å². The number of carbonyl (C=O) groups is 1. The second-order valence-electron chi connectivity index (χ2n) is 7.36. The van der Waals surface area contributed by atoms with Gasteiger partial charge in [-0.3, -0.25) is 4.68 Å². The van der Waals surface area contributed by atoms with E-state index in [4.69, 9.17) is 0 Å². The summed E-state index contributed by atoms with van der Waals surface area (Å²) in [7, 11) is 1.84. The molecule has 4 rings (SSSR count). The van der Waals surface area contributed by atoms with Crippen molar-refractivity contribution in [3.05, 3.63) is 30.6 Å². The Bertz CT molecular complexity index is 767. The molecule has 2 aliphatic heterocycles. The van der Waals surface area contributed by atoms with Crippen LogP contribution in [0.4, 0.5) is 10.5 Å². The number of anilines is 1. The molecule has 2 aliphatic rings. The molecular formula is C19H26N6O. The predicted molar refractivity (Wildman–Crippen MR) is 101 cm³/mol. The van der Waals surface area contributed by atoms with Crippen molar-refractivity contribution in [3.8, 4) is 11.4 Å². The van der Waals surface area contributed by atoms with Crippen molar-refractivity contribution in [1.82, 2.24) is 24.6 Å². The Hall–Kier alpha value is -2.41. The lowest BCUT2D eigenvalue weighted by Gasteiger charge is -2.21. The summed E-state index contributed by atoms with van der Waals surface area (Å²) in [6, 6.07) is 7.68. The number of hydrogen-bond acceptors (Lipinski definition) is 4. The summed E-state index contributed by atoms with van der Waals surface area (Å²) in [6.45, 7) is 5.26. The first-order valence-corrected chi connectivity index (χ1v) is 9.42. The van der Waals surface area contributed by atoms with Crippen molar-refractivity contribution in [2.75, 3.05) is 38.0 Å². The van der Waals surface area contributed by atoms with E-state index < -0.39 is 0 Å². The van der Waals surface area contributed by atoms with Crippen molar-refractivity contribution in [2.24, 2.45) is 13.0 Å². The van der Waals surface area contributed by atoms with Crippen LogP contribution in [0.25, 0.3) is 11.4 Å². The summed E-state index contributed by atoms with van der Waals surface area (Å²) in [5, 5.41) is 7.34. The monoisotopic (exact) mass is 354 g/mol. The number of benzene rings is 1. The molecule has 0 saturated carbocycles. The molecule has 2 fully saturated rings. The summed E-state index contributed by atoms with van der Waals surface area (Å²) in [5.41, 5.74) is 1.68. The Morgan fingerprint density at radius 2 is 2.12 bits per heavy atom. The highest BCUT2D eigenvalue weighted by Crippen LogP contribution is 2.22. The standard InChI is InChI=1S/C19H26N6O/c1-23-14-20-18(22-23)16-5-4-6-17(11-16)21-19(26)25-10-7-15(13-25)12-24-8-2-3-9-24/h4-6,11,14-15H,2-3,7-10,12-13H2,1H3,(H,21,26). The van der Waals surface area contributed by atoms with E-state index in [-0.39, 0.29) is 6.03 Å². The fourth-order valence-electron chi connectivity index (χ4n) is 3.91. The van der Waals surface area contributed by atoms with Crippen LogP contribution in [-0.4, -0.2) is 63.3 Å². The first-order chi connectivity index (χ1) is 12.7. The lowest BCUT2D eigenvalue weighted by Crippen LogP contribution is -2.34. The minimum absolute atomic E-state index is 0.0138. The Morgan fingerprint density at radius 1 is 1.27 bits per heavy atom. The van der Waals surface area contributed by atoms with Gasteiger partial charge in [0.2, 0.25) is 0 Å². The molecule has 138 valence electrons. The number of aromatic nitrogens is 3. The van der Waals surface area contributed by atoms with Gasteiger partial charge in [-0.1, -0.05) is 12.1 Å². The molecule has 1 atom stereocenters. The van der Waals surface area contributed by atoms with Gasteiger partial charge in [0.05, 0.1) is 0 Å². The molecule has 2 aromatic rings. The van der Waals surface area contributed by atoms with E-state index in [1.54, 1.807) is 11.0 Å². The first-order valence-electron chi connectivity index (χ1n) is 9.42. The van der Waals surface area contributed by atoms with Gasteiger partial charge in [0.1, 0.15) is 6.33 Å². The van der Waals surface area contributed by atoms with E-state index in [1.807, 2.05) is 36.2 Å². The fourth-order valence-corrected chi connectivity index (χ4v) is 3.91. The van der Waals surface area contributed by atoms with Crippen molar-refractivity contribution in [3.63, 3.8) is 0 Å². The average Bonchev–Trinajstić information content (AvgIpc) is 3.38. The van der Waals surface area contributed by atoms with E-state index in [0.717, 1.165) is 37.3 Å². The summed E-state index contributed by atoms with van der Waals surface area (Å²) in [5.74, 6) is 1.26. The lowest BCUT2D eigenvalue weighted by atomic mass is 10.1. The smallest absolute Gasteiger partial charge is 0.321 e. The maximum atomic E-state index is 12.6. The van der Waals surface area contributed by atoms with Gasteiger partial charge in [0.15, 0.2) is 5.82 Å². The molecule has 2 amide bonds. The van der Waals surface area contributed by atoms with Crippen LogP contribution in [0.3, 0.4) is 0 Å². The van der Waals surface area contributed by atoms with Gasteiger partial charge in [-0.05, 0) is 50.4 Å². The largest absolute Gasteiger partial charge is 0.324 e. The zero-order valence-electron chi connectivity index (χ0n) is 15.3. The van der Waals surface area contributed by atoms with Gasteiger partial charge in [-0.25, -0.2) is 9.78 Å². The lowest BCUT2D eigenvalue weighted by molar-refractivity contribution is 0.217. The molecule has 7 nitrogen and oxygen atoms in total. The molecule has 1 aromatic heterocycles. The number of likely N-dealkylation sites (tertiary alicyclic amines) is 2. The van der Waals surface area contributed by atoms with Crippen LogP contribution in [0, 0.1) is 5.92 Å². The van der Waals surface area contributed by atoms with Crippen LogP contribution in [-0.2, 0) is 7.05 Å². The molecule has 0 radical (unpaired) electrons. The highest BCUT2D eigenvalue weighted by molar-refractivity contribution is 5.90. The predicted octanol–water partition coefficient (Wildman–Crippen LogP) is 2.43. The van der Waals surface area contributed by atoms with E-state index >= 15 is 0 Å². The van der Waals surface area contributed by atoms with Gasteiger partial charge in [-0.2, -0.15) is 5.10 Å². The van der Waals surface area contributed by atoms with Gasteiger partial charge < -0.3 is 15.1 Å². The maximum Gasteiger partial charge on any atom is 0.321 e. The van der Waals surface area contributed by atoms with Crippen LogP contribution in [0.15, 0.2) is 30.6 Å². The Kier molecular flexibility index (Phi) is 4.88. The van der Waals surface area contributed by atoms with E-state index in [0.29, 0.717) is 11.7 Å². The summed E-state index contributed by atoms with van der Waals surface area (Å²) >= 11 is 0. The average molecular weight is 354 g/mol. The molecule has 2 saturated heterocycles. The van der Waals surface area contributed by atoms with E-state index in [2.05, 4.69) is 20.3 Å².